The molecule has 0 aliphatic carbocycles. The van der Waals surface area contributed by atoms with Crippen LogP contribution in [0.5, 0.6) is 0 Å². The highest BCUT2D eigenvalue weighted by Crippen LogP contribution is 2.34. The van der Waals surface area contributed by atoms with Gasteiger partial charge in [-0.05, 0) is 35.4 Å². The van der Waals surface area contributed by atoms with Gasteiger partial charge in [0, 0.05) is 11.1 Å². The van der Waals surface area contributed by atoms with Gasteiger partial charge >= 0.3 is 0 Å². The fourth-order valence-electron chi connectivity index (χ4n) is 2.59. The Morgan fingerprint density at radius 2 is 0.957 bits per heavy atom. The zero-order valence-corrected chi connectivity index (χ0v) is 12.6. The van der Waals surface area contributed by atoms with Crippen LogP contribution in [0.25, 0.3) is 33.3 Å². The topological polar surface area (TPSA) is 25.8 Å². The first-order chi connectivity index (χ1) is 11.2. The van der Waals surface area contributed by atoms with Crippen LogP contribution in [0.3, 0.4) is 0 Å². The summed E-state index contributed by atoms with van der Waals surface area (Å²) in [6, 6.07) is 16.5. The Morgan fingerprint density at radius 3 is 1.35 bits per heavy atom. The van der Waals surface area contributed by atoms with Gasteiger partial charge < -0.3 is 0 Å². The summed E-state index contributed by atoms with van der Waals surface area (Å²) < 4.78 is 35.0. The average Bonchev–Trinajstić information content (AvgIpc) is 3.05. The summed E-state index contributed by atoms with van der Waals surface area (Å²) in [4.78, 5) is 0. The molecular formula is C18H10F2N2S. The number of benzene rings is 3. The molecule has 1 aromatic heterocycles. The molecule has 0 N–H and O–H groups in total. The molecule has 0 saturated carbocycles. The Kier molecular flexibility index (Phi) is 3.35. The van der Waals surface area contributed by atoms with E-state index in [1.807, 2.05) is 12.1 Å². The molecule has 4 rings (SSSR count). The zero-order valence-electron chi connectivity index (χ0n) is 11.8. The van der Waals surface area contributed by atoms with E-state index in [2.05, 4.69) is 8.75 Å². The van der Waals surface area contributed by atoms with Gasteiger partial charge in [0.25, 0.3) is 0 Å². The highest BCUT2D eigenvalue weighted by Gasteiger charge is 2.13. The van der Waals surface area contributed by atoms with Crippen LogP contribution in [0.4, 0.5) is 8.78 Å². The van der Waals surface area contributed by atoms with Gasteiger partial charge in [-0.1, -0.05) is 36.4 Å². The lowest BCUT2D eigenvalue weighted by atomic mass is 9.98. The van der Waals surface area contributed by atoms with E-state index in [0.717, 1.165) is 45.0 Å². The maximum Gasteiger partial charge on any atom is 0.123 e. The zero-order chi connectivity index (χ0) is 15.8. The molecule has 3 aromatic carbocycles. The van der Waals surface area contributed by atoms with Crippen LogP contribution < -0.4 is 0 Å². The van der Waals surface area contributed by atoms with Crippen molar-refractivity contribution in [1.82, 2.24) is 8.75 Å². The maximum atomic E-state index is 13.1. The minimum Gasteiger partial charge on any atom is -0.207 e. The minimum absolute atomic E-state index is 0.274. The molecule has 112 valence electrons. The number of aromatic nitrogens is 2. The molecule has 0 aliphatic heterocycles. The van der Waals surface area contributed by atoms with Crippen molar-refractivity contribution in [3.05, 3.63) is 72.3 Å². The van der Waals surface area contributed by atoms with E-state index in [9.17, 15) is 8.78 Å². The van der Waals surface area contributed by atoms with Crippen molar-refractivity contribution in [2.24, 2.45) is 0 Å². The first-order valence-electron chi connectivity index (χ1n) is 6.99. The number of hydrogen-bond donors (Lipinski definition) is 0. The third kappa shape index (κ3) is 2.49. The summed E-state index contributed by atoms with van der Waals surface area (Å²) in [6.07, 6.45) is 0. The molecule has 0 saturated heterocycles. The predicted octanol–water partition coefficient (Wildman–Crippen LogP) is 5.30. The lowest BCUT2D eigenvalue weighted by Crippen LogP contribution is -1.86. The molecule has 0 atom stereocenters. The summed E-state index contributed by atoms with van der Waals surface area (Å²) in [7, 11) is 0. The Balaban J connectivity index is 1.91. The molecule has 0 fully saturated rings. The summed E-state index contributed by atoms with van der Waals surface area (Å²) in [5.74, 6) is -0.548. The van der Waals surface area contributed by atoms with Crippen LogP contribution in [0.2, 0.25) is 0 Å². The van der Waals surface area contributed by atoms with E-state index >= 15 is 0 Å². The molecule has 1 heterocycles. The number of fused-ring (bicyclic) bond motifs is 1. The van der Waals surface area contributed by atoms with Gasteiger partial charge in [0.05, 0.1) is 11.7 Å². The lowest BCUT2D eigenvalue weighted by molar-refractivity contribution is 0.627. The van der Waals surface area contributed by atoms with Crippen molar-refractivity contribution >= 4 is 22.8 Å². The van der Waals surface area contributed by atoms with Crippen LogP contribution in [-0.4, -0.2) is 8.75 Å². The van der Waals surface area contributed by atoms with Crippen LogP contribution in [-0.2, 0) is 0 Å². The summed E-state index contributed by atoms with van der Waals surface area (Å²) in [5.41, 5.74) is 5.11. The Hall–Kier alpha value is -2.66. The molecule has 0 radical (unpaired) electrons. The molecule has 5 heteroatoms. The second kappa shape index (κ2) is 5.52. The first-order valence-corrected chi connectivity index (χ1v) is 7.72. The Bertz CT molecular complexity index is 897. The molecule has 0 bridgehead atoms. The van der Waals surface area contributed by atoms with Crippen molar-refractivity contribution in [2.45, 2.75) is 0 Å². The second-order valence-electron chi connectivity index (χ2n) is 5.14. The van der Waals surface area contributed by atoms with Crippen molar-refractivity contribution in [1.29, 1.82) is 0 Å². The number of nitrogens with zero attached hydrogens (tertiary/aromatic N) is 2. The van der Waals surface area contributed by atoms with Crippen molar-refractivity contribution in [2.75, 3.05) is 0 Å². The predicted molar refractivity (Wildman–Crippen MR) is 88.2 cm³/mol. The largest absolute Gasteiger partial charge is 0.207 e. The van der Waals surface area contributed by atoms with Crippen molar-refractivity contribution in [3.63, 3.8) is 0 Å². The van der Waals surface area contributed by atoms with Crippen molar-refractivity contribution < 1.29 is 8.78 Å². The van der Waals surface area contributed by atoms with Gasteiger partial charge in [0.15, 0.2) is 0 Å². The highest BCUT2D eigenvalue weighted by molar-refractivity contribution is 7.00. The number of halogens is 2. The van der Waals surface area contributed by atoms with E-state index in [0.29, 0.717) is 0 Å². The van der Waals surface area contributed by atoms with Gasteiger partial charge in [-0.25, -0.2) is 8.78 Å². The molecule has 0 spiro atoms. The van der Waals surface area contributed by atoms with Gasteiger partial charge in [0.2, 0.25) is 0 Å². The normalized spacial score (nSPS) is 11.0. The van der Waals surface area contributed by atoms with Crippen LogP contribution in [0.15, 0.2) is 60.7 Å². The average molecular weight is 324 g/mol. The van der Waals surface area contributed by atoms with E-state index in [1.54, 1.807) is 24.3 Å². The van der Waals surface area contributed by atoms with Crippen LogP contribution in [0, 0.1) is 11.6 Å². The molecular weight excluding hydrogens is 314 g/mol. The fraction of sp³-hybridized carbons (Fsp3) is 0. The standard InChI is InChI=1S/C18H10F2N2S/c19-13-5-1-11(2-6-13)15-9-10-16(18-17(15)21-23-22-18)12-3-7-14(20)8-4-12/h1-10H. The van der Waals surface area contributed by atoms with E-state index in [-0.39, 0.29) is 11.6 Å². The molecule has 0 aliphatic rings. The molecule has 2 nitrogen and oxygen atoms in total. The quantitative estimate of drug-likeness (QED) is 0.500. The van der Waals surface area contributed by atoms with Gasteiger partial charge in [-0.2, -0.15) is 8.75 Å². The smallest absolute Gasteiger partial charge is 0.123 e. The summed E-state index contributed by atoms with van der Waals surface area (Å²) in [6.45, 7) is 0. The van der Waals surface area contributed by atoms with Crippen LogP contribution in [0.1, 0.15) is 0 Å². The van der Waals surface area contributed by atoms with Crippen molar-refractivity contribution in [3.8, 4) is 22.3 Å². The Labute approximate surface area is 135 Å². The molecule has 0 amide bonds. The molecule has 23 heavy (non-hydrogen) atoms. The van der Waals surface area contributed by atoms with E-state index in [4.69, 9.17) is 0 Å². The van der Waals surface area contributed by atoms with E-state index < -0.39 is 0 Å². The summed E-state index contributed by atoms with van der Waals surface area (Å²) >= 11 is 1.13. The van der Waals surface area contributed by atoms with Gasteiger partial charge in [-0.3, -0.25) is 0 Å². The van der Waals surface area contributed by atoms with Crippen LogP contribution >= 0.6 is 11.7 Å². The molecule has 4 aromatic rings. The number of rotatable bonds is 2. The monoisotopic (exact) mass is 324 g/mol. The molecule has 0 unspecified atom stereocenters. The van der Waals surface area contributed by atoms with Gasteiger partial charge in [0.1, 0.15) is 22.7 Å². The SMILES string of the molecule is Fc1ccc(-c2ccc(-c3ccc(F)cc3)c3nsnc23)cc1. The number of hydrogen-bond acceptors (Lipinski definition) is 3. The Morgan fingerprint density at radius 1 is 0.565 bits per heavy atom. The highest BCUT2D eigenvalue weighted by atomic mass is 32.1. The maximum absolute atomic E-state index is 13.1. The third-order valence-corrected chi connectivity index (χ3v) is 4.25. The van der Waals surface area contributed by atoms with Gasteiger partial charge in [-0.15, -0.1) is 0 Å². The third-order valence-electron chi connectivity index (χ3n) is 3.73. The first kappa shape index (κ1) is 14.0. The lowest BCUT2D eigenvalue weighted by Gasteiger charge is -2.07. The fourth-order valence-corrected chi connectivity index (χ4v) is 3.17. The second-order valence-corrected chi connectivity index (χ2v) is 5.66. The minimum atomic E-state index is -0.274. The van der Waals surface area contributed by atoms with E-state index in [1.165, 1.54) is 24.3 Å². The summed E-state index contributed by atoms with van der Waals surface area (Å²) in [5, 5.41) is 0.